The Morgan fingerprint density at radius 2 is 1.93 bits per heavy atom. The molecule has 0 aliphatic carbocycles. The van der Waals surface area contributed by atoms with E-state index in [9.17, 15) is 18.0 Å². The number of piperidine rings is 1. The molecule has 2 amide bonds. The van der Waals surface area contributed by atoms with E-state index in [0.717, 1.165) is 19.3 Å². The number of fused-ring (bicyclic) bond motifs is 1. The van der Waals surface area contributed by atoms with Crippen molar-refractivity contribution < 1.29 is 22.7 Å². The number of unbranched alkanes of at least 4 members (excludes halogenated alkanes) is 1. The lowest BCUT2D eigenvalue weighted by molar-refractivity contribution is -0.125. The molecular weight excluding hydrogens is 406 g/mol. The number of nitrogens with one attached hydrogen (secondary N) is 1. The Balaban J connectivity index is 1.86. The molecule has 166 valence electrons. The smallest absolute Gasteiger partial charge is 0.265 e. The van der Waals surface area contributed by atoms with Crippen molar-refractivity contribution in [2.75, 3.05) is 37.7 Å². The largest absolute Gasteiger partial charge is 0.482 e. The van der Waals surface area contributed by atoms with Crippen LogP contribution in [0.25, 0.3) is 0 Å². The van der Waals surface area contributed by atoms with E-state index in [-0.39, 0.29) is 41.7 Å². The van der Waals surface area contributed by atoms with Crippen molar-refractivity contribution in [1.82, 2.24) is 9.62 Å². The molecule has 0 spiro atoms. The summed E-state index contributed by atoms with van der Waals surface area (Å²) in [7, 11) is -3.71. The van der Waals surface area contributed by atoms with Gasteiger partial charge in [0, 0.05) is 19.6 Å². The Labute approximate surface area is 178 Å². The normalized spacial score (nSPS) is 22.4. The van der Waals surface area contributed by atoms with E-state index in [4.69, 9.17) is 4.74 Å². The quantitative estimate of drug-likeness (QED) is 0.658. The van der Waals surface area contributed by atoms with Crippen LogP contribution in [0, 0.1) is 11.8 Å². The summed E-state index contributed by atoms with van der Waals surface area (Å²) in [6.45, 7) is 7.28. The fraction of sp³-hybridized carbons (Fsp3) is 0.619. The fourth-order valence-electron chi connectivity index (χ4n) is 4.07. The SMILES string of the molecule is CCCCNC(=O)CN1C(=O)COc2ccc(S(=O)(=O)N3C[C@@H](C)C[C@H](C)C3)cc21. The van der Waals surface area contributed by atoms with E-state index in [1.165, 1.54) is 21.3 Å². The highest BCUT2D eigenvalue weighted by Gasteiger charge is 2.34. The molecule has 2 aliphatic rings. The standard InChI is InChI=1S/C21H31N3O5S/c1-4-5-8-22-20(25)13-24-18-10-17(6-7-19(18)29-14-21(24)26)30(27,28)23-11-15(2)9-16(3)12-23/h6-7,10,15-16H,4-5,8-9,11-14H2,1-3H3,(H,22,25)/t15-,16-/m0/s1. The van der Waals surface area contributed by atoms with Gasteiger partial charge < -0.3 is 10.1 Å². The van der Waals surface area contributed by atoms with Crippen LogP contribution in [0.5, 0.6) is 5.75 Å². The molecule has 1 aromatic rings. The topological polar surface area (TPSA) is 96.0 Å². The Morgan fingerprint density at radius 1 is 1.23 bits per heavy atom. The van der Waals surface area contributed by atoms with Gasteiger partial charge in [0.1, 0.15) is 12.3 Å². The van der Waals surface area contributed by atoms with Crippen molar-refractivity contribution in [2.24, 2.45) is 11.8 Å². The Bertz CT molecular complexity index is 892. The summed E-state index contributed by atoms with van der Waals surface area (Å²) >= 11 is 0. The molecule has 0 saturated carbocycles. The molecule has 1 N–H and O–H groups in total. The second kappa shape index (κ2) is 9.34. The van der Waals surface area contributed by atoms with Crippen LogP contribution in [0.4, 0.5) is 5.69 Å². The summed E-state index contributed by atoms with van der Waals surface area (Å²) in [5, 5.41) is 2.79. The summed E-state index contributed by atoms with van der Waals surface area (Å²) in [5.74, 6) is 0.318. The first-order valence-corrected chi connectivity index (χ1v) is 12.0. The van der Waals surface area contributed by atoms with Gasteiger partial charge in [-0.2, -0.15) is 4.31 Å². The molecule has 3 rings (SSSR count). The lowest BCUT2D eigenvalue weighted by Gasteiger charge is -2.34. The molecule has 1 saturated heterocycles. The van der Waals surface area contributed by atoms with Gasteiger partial charge in [-0.25, -0.2) is 8.42 Å². The molecule has 2 aliphatic heterocycles. The van der Waals surface area contributed by atoms with E-state index >= 15 is 0 Å². The van der Waals surface area contributed by atoms with Crippen LogP contribution in [0.1, 0.15) is 40.0 Å². The summed E-state index contributed by atoms with van der Waals surface area (Å²) < 4.78 is 33.5. The van der Waals surface area contributed by atoms with Gasteiger partial charge >= 0.3 is 0 Å². The Kier molecular flexibility index (Phi) is 7.02. The maximum Gasteiger partial charge on any atom is 0.265 e. The fourth-order valence-corrected chi connectivity index (χ4v) is 5.77. The molecule has 1 aromatic carbocycles. The zero-order valence-corrected chi connectivity index (χ0v) is 18.7. The molecule has 2 atom stereocenters. The monoisotopic (exact) mass is 437 g/mol. The van der Waals surface area contributed by atoms with Crippen LogP contribution in [0.3, 0.4) is 0 Å². The number of sulfonamides is 1. The first kappa shape index (κ1) is 22.6. The van der Waals surface area contributed by atoms with Gasteiger partial charge in [-0.15, -0.1) is 0 Å². The van der Waals surface area contributed by atoms with Crippen molar-refractivity contribution in [2.45, 2.75) is 44.9 Å². The van der Waals surface area contributed by atoms with Crippen LogP contribution in [-0.2, 0) is 19.6 Å². The zero-order valence-electron chi connectivity index (χ0n) is 17.9. The van der Waals surface area contributed by atoms with Crippen LogP contribution < -0.4 is 15.0 Å². The summed E-state index contributed by atoms with van der Waals surface area (Å²) in [5.41, 5.74) is 0.316. The molecule has 1 fully saturated rings. The minimum atomic E-state index is -3.71. The Hall–Kier alpha value is -2.13. The number of nitrogens with zero attached hydrogens (tertiary/aromatic N) is 2. The zero-order chi connectivity index (χ0) is 21.9. The molecular formula is C21H31N3O5S. The Morgan fingerprint density at radius 3 is 2.60 bits per heavy atom. The van der Waals surface area contributed by atoms with Gasteiger partial charge in [0.25, 0.3) is 5.91 Å². The maximum atomic E-state index is 13.3. The molecule has 0 aromatic heterocycles. The number of anilines is 1. The van der Waals surface area contributed by atoms with Crippen molar-refractivity contribution in [3.8, 4) is 5.75 Å². The van der Waals surface area contributed by atoms with Gasteiger partial charge in [-0.05, 0) is 42.9 Å². The average molecular weight is 438 g/mol. The highest BCUT2D eigenvalue weighted by Crippen LogP contribution is 2.36. The molecule has 30 heavy (non-hydrogen) atoms. The molecule has 0 bridgehead atoms. The molecule has 8 nitrogen and oxygen atoms in total. The van der Waals surface area contributed by atoms with Crippen LogP contribution >= 0.6 is 0 Å². The number of hydrogen-bond acceptors (Lipinski definition) is 5. The van der Waals surface area contributed by atoms with Gasteiger partial charge in [0.2, 0.25) is 15.9 Å². The number of carbonyl (C=O) groups is 2. The number of rotatable bonds is 7. The second-order valence-electron chi connectivity index (χ2n) is 8.37. The second-order valence-corrected chi connectivity index (χ2v) is 10.3. The van der Waals surface area contributed by atoms with Crippen molar-refractivity contribution in [1.29, 1.82) is 0 Å². The molecule has 0 unspecified atom stereocenters. The lowest BCUT2D eigenvalue weighted by Crippen LogP contribution is -2.45. The van der Waals surface area contributed by atoms with Crippen LogP contribution in [-0.4, -0.2) is 57.3 Å². The number of hydrogen-bond donors (Lipinski definition) is 1. The summed E-state index contributed by atoms with van der Waals surface area (Å²) in [6, 6.07) is 4.52. The third-order valence-corrected chi connectivity index (χ3v) is 7.33. The predicted molar refractivity (Wildman–Crippen MR) is 114 cm³/mol. The third-order valence-electron chi connectivity index (χ3n) is 5.50. The number of benzene rings is 1. The number of ether oxygens (including phenoxy) is 1. The molecule has 0 radical (unpaired) electrons. The average Bonchev–Trinajstić information content (AvgIpc) is 2.69. The number of amides is 2. The first-order chi connectivity index (χ1) is 14.2. The van der Waals surface area contributed by atoms with Crippen molar-refractivity contribution >= 4 is 27.5 Å². The molecule has 2 heterocycles. The van der Waals surface area contributed by atoms with E-state index in [1.54, 1.807) is 6.07 Å². The van der Waals surface area contributed by atoms with Crippen LogP contribution in [0.2, 0.25) is 0 Å². The van der Waals surface area contributed by atoms with Crippen molar-refractivity contribution in [3.63, 3.8) is 0 Å². The van der Waals surface area contributed by atoms with Gasteiger partial charge in [0.05, 0.1) is 10.6 Å². The number of carbonyl (C=O) groups excluding carboxylic acids is 2. The highest BCUT2D eigenvalue weighted by atomic mass is 32.2. The van der Waals surface area contributed by atoms with E-state index < -0.39 is 10.0 Å². The minimum absolute atomic E-state index is 0.109. The predicted octanol–water partition coefficient (Wildman–Crippen LogP) is 1.99. The van der Waals surface area contributed by atoms with E-state index in [0.29, 0.717) is 31.1 Å². The van der Waals surface area contributed by atoms with Gasteiger partial charge in [-0.3, -0.25) is 14.5 Å². The highest BCUT2D eigenvalue weighted by molar-refractivity contribution is 7.89. The summed E-state index contributed by atoms with van der Waals surface area (Å²) in [4.78, 5) is 26.1. The third kappa shape index (κ3) is 4.95. The molecule has 9 heteroatoms. The van der Waals surface area contributed by atoms with E-state index in [2.05, 4.69) is 19.2 Å². The van der Waals surface area contributed by atoms with Crippen LogP contribution in [0.15, 0.2) is 23.1 Å². The van der Waals surface area contributed by atoms with Gasteiger partial charge in [-0.1, -0.05) is 27.2 Å². The van der Waals surface area contributed by atoms with Crippen molar-refractivity contribution in [3.05, 3.63) is 18.2 Å². The first-order valence-electron chi connectivity index (χ1n) is 10.6. The van der Waals surface area contributed by atoms with Gasteiger partial charge in [0.15, 0.2) is 6.61 Å². The lowest BCUT2D eigenvalue weighted by atomic mass is 9.94. The maximum absolute atomic E-state index is 13.3. The van der Waals surface area contributed by atoms with E-state index in [1.807, 2.05) is 6.92 Å². The minimum Gasteiger partial charge on any atom is -0.482 e. The summed E-state index contributed by atoms with van der Waals surface area (Å²) in [6.07, 6.45) is 2.81.